The van der Waals surface area contributed by atoms with Crippen LogP contribution < -0.4 is 21.7 Å². The Morgan fingerprint density at radius 3 is 2.09 bits per heavy atom. The van der Waals surface area contributed by atoms with Gasteiger partial charge in [0, 0.05) is 12.5 Å². The molecule has 34 heavy (non-hydrogen) atoms. The number of amides is 4. The molecule has 8 heteroatoms. The first-order chi connectivity index (χ1) is 16.2. The third kappa shape index (κ3) is 9.68. The van der Waals surface area contributed by atoms with Crippen LogP contribution in [0.1, 0.15) is 31.4 Å². The zero-order valence-electron chi connectivity index (χ0n) is 19.5. The van der Waals surface area contributed by atoms with Crippen molar-refractivity contribution in [1.82, 2.24) is 16.0 Å². The van der Waals surface area contributed by atoms with Gasteiger partial charge in [0.05, 0.1) is 6.54 Å². The SMILES string of the molecule is CC(C)C[C@H](NC(=O)CNC(=O)[C@H](Cc1ccccc1)NC(=O)/C=C/c1ccccc1)C(N)=O. The number of carbonyl (C=O) groups is 4. The molecule has 8 nitrogen and oxygen atoms in total. The molecule has 0 aliphatic heterocycles. The van der Waals surface area contributed by atoms with Crippen molar-refractivity contribution in [2.75, 3.05) is 6.54 Å². The summed E-state index contributed by atoms with van der Waals surface area (Å²) in [5, 5.41) is 7.78. The fraction of sp³-hybridized carbons (Fsp3) is 0.308. The maximum atomic E-state index is 12.8. The van der Waals surface area contributed by atoms with Gasteiger partial charge in [-0.3, -0.25) is 19.2 Å². The fourth-order valence-corrected chi connectivity index (χ4v) is 3.27. The van der Waals surface area contributed by atoms with Crippen molar-refractivity contribution in [1.29, 1.82) is 0 Å². The van der Waals surface area contributed by atoms with E-state index < -0.39 is 35.7 Å². The Kier molecular flexibility index (Phi) is 10.5. The van der Waals surface area contributed by atoms with Gasteiger partial charge >= 0.3 is 0 Å². The molecule has 0 saturated heterocycles. The van der Waals surface area contributed by atoms with Crippen LogP contribution in [-0.4, -0.2) is 42.3 Å². The Labute approximate surface area is 200 Å². The highest BCUT2D eigenvalue weighted by atomic mass is 16.2. The third-order valence-electron chi connectivity index (χ3n) is 4.95. The van der Waals surface area contributed by atoms with Gasteiger partial charge in [-0.15, -0.1) is 0 Å². The van der Waals surface area contributed by atoms with Gasteiger partial charge in [-0.25, -0.2) is 0 Å². The van der Waals surface area contributed by atoms with Gasteiger partial charge < -0.3 is 21.7 Å². The van der Waals surface area contributed by atoms with E-state index in [0.29, 0.717) is 6.42 Å². The minimum Gasteiger partial charge on any atom is -0.368 e. The molecule has 0 aliphatic carbocycles. The Balaban J connectivity index is 2.01. The van der Waals surface area contributed by atoms with Gasteiger partial charge in [-0.1, -0.05) is 74.5 Å². The molecule has 0 aliphatic rings. The van der Waals surface area contributed by atoms with Crippen LogP contribution in [-0.2, 0) is 25.6 Å². The van der Waals surface area contributed by atoms with Crippen molar-refractivity contribution in [3.63, 3.8) is 0 Å². The molecule has 0 fully saturated rings. The largest absolute Gasteiger partial charge is 0.368 e. The Morgan fingerprint density at radius 2 is 1.50 bits per heavy atom. The number of hydrogen-bond donors (Lipinski definition) is 4. The van der Waals surface area contributed by atoms with Gasteiger partial charge in [0.25, 0.3) is 0 Å². The molecular formula is C26H32N4O4. The van der Waals surface area contributed by atoms with Gasteiger partial charge in [0.2, 0.25) is 23.6 Å². The highest BCUT2D eigenvalue weighted by Crippen LogP contribution is 2.06. The summed E-state index contributed by atoms with van der Waals surface area (Å²) >= 11 is 0. The number of primary amides is 1. The monoisotopic (exact) mass is 464 g/mol. The summed E-state index contributed by atoms with van der Waals surface area (Å²) in [4.78, 5) is 49.2. The average molecular weight is 465 g/mol. The predicted octanol–water partition coefficient (Wildman–Crippen LogP) is 1.56. The van der Waals surface area contributed by atoms with E-state index in [4.69, 9.17) is 5.73 Å². The van der Waals surface area contributed by atoms with Crippen LogP contribution in [0.5, 0.6) is 0 Å². The van der Waals surface area contributed by atoms with E-state index in [1.54, 1.807) is 6.08 Å². The summed E-state index contributed by atoms with van der Waals surface area (Å²) in [6.07, 6.45) is 3.65. The van der Waals surface area contributed by atoms with Crippen molar-refractivity contribution in [2.24, 2.45) is 11.7 Å². The van der Waals surface area contributed by atoms with E-state index >= 15 is 0 Å². The minimum atomic E-state index is -0.897. The highest BCUT2D eigenvalue weighted by Gasteiger charge is 2.23. The van der Waals surface area contributed by atoms with Crippen molar-refractivity contribution < 1.29 is 19.2 Å². The second-order valence-corrected chi connectivity index (χ2v) is 8.36. The smallest absolute Gasteiger partial charge is 0.244 e. The highest BCUT2D eigenvalue weighted by molar-refractivity contribution is 5.96. The standard InChI is InChI=1S/C26H32N4O4/c1-18(2)15-21(25(27)33)29-24(32)17-28-26(34)22(16-20-11-7-4-8-12-20)30-23(31)14-13-19-9-5-3-6-10-19/h3-14,18,21-22H,15-17H2,1-2H3,(H2,27,33)(H,28,34)(H,29,32)(H,30,31)/b14-13+/t21-,22-/m0/s1. The Bertz CT molecular complexity index is 990. The van der Waals surface area contributed by atoms with Crippen LogP contribution in [0.2, 0.25) is 0 Å². The molecule has 0 heterocycles. The lowest BCUT2D eigenvalue weighted by atomic mass is 10.0. The number of rotatable bonds is 12. The summed E-state index contributed by atoms with van der Waals surface area (Å²) in [5.74, 6) is -1.96. The summed E-state index contributed by atoms with van der Waals surface area (Å²) in [5.41, 5.74) is 7.06. The zero-order valence-corrected chi connectivity index (χ0v) is 19.5. The zero-order chi connectivity index (χ0) is 24.9. The van der Waals surface area contributed by atoms with Crippen LogP contribution >= 0.6 is 0 Å². The average Bonchev–Trinajstić information content (AvgIpc) is 2.81. The van der Waals surface area contributed by atoms with E-state index in [2.05, 4.69) is 16.0 Å². The molecule has 0 radical (unpaired) electrons. The maximum Gasteiger partial charge on any atom is 0.244 e. The molecule has 0 spiro atoms. The second kappa shape index (κ2) is 13.6. The summed E-state index contributed by atoms with van der Waals surface area (Å²) in [7, 11) is 0. The normalized spacial score (nSPS) is 12.7. The number of nitrogens with two attached hydrogens (primary N) is 1. The van der Waals surface area contributed by atoms with E-state index in [1.165, 1.54) is 6.08 Å². The van der Waals surface area contributed by atoms with Crippen molar-refractivity contribution >= 4 is 29.7 Å². The van der Waals surface area contributed by atoms with Crippen LogP contribution in [0.25, 0.3) is 6.08 Å². The lowest BCUT2D eigenvalue weighted by Crippen LogP contribution is -2.52. The first kappa shape index (κ1) is 26.3. The molecule has 0 bridgehead atoms. The van der Waals surface area contributed by atoms with Crippen molar-refractivity contribution in [2.45, 2.75) is 38.8 Å². The van der Waals surface area contributed by atoms with Gasteiger partial charge in [0.15, 0.2) is 0 Å². The number of benzene rings is 2. The van der Waals surface area contributed by atoms with Crippen LogP contribution in [0.3, 0.4) is 0 Å². The minimum absolute atomic E-state index is 0.154. The lowest BCUT2D eigenvalue weighted by molar-refractivity contribution is -0.130. The second-order valence-electron chi connectivity index (χ2n) is 8.36. The maximum absolute atomic E-state index is 12.8. The number of carbonyl (C=O) groups excluding carboxylic acids is 4. The van der Waals surface area contributed by atoms with E-state index in [9.17, 15) is 19.2 Å². The molecule has 180 valence electrons. The van der Waals surface area contributed by atoms with Crippen molar-refractivity contribution in [3.8, 4) is 0 Å². The summed E-state index contributed by atoms with van der Waals surface area (Å²) in [6.45, 7) is 3.47. The molecule has 4 amide bonds. The molecule has 2 rings (SSSR count). The van der Waals surface area contributed by atoms with Crippen LogP contribution in [0.4, 0.5) is 0 Å². The van der Waals surface area contributed by atoms with E-state index in [1.807, 2.05) is 74.5 Å². The third-order valence-corrected chi connectivity index (χ3v) is 4.95. The van der Waals surface area contributed by atoms with Gasteiger partial charge in [0.1, 0.15) is 12.1 Å². The number of hydrogen-bond acceptors (Lipinski definition) is 4. The molecule has 0 unspecified atom stereocenters. The first-order valence-electron chi connectivity index (χ1n) is 11.2. The summed E-state index contributed by atoms with van der Waals surface area (Å²) < 4.78 is 0. The lowest BCUT2D eigenvalue weighted by Gasteiger charge is -2.20. The molecule has 0 saturated carbocycles. The Hall–Kier alpha value is -3.94. The molecule has 2 aromatic rings. The molecular weight excluding hydrogens is 432 g/mol. The molecule has 5 N–H and O–H groups in total. The van der Waals surface area contributed by atoms with Crippen LogP contribution in [0.15, 0.2) is 66.7 Å². The van der Waals surface area contributed by atoms with Gasteiger partial charge in [-0.2, -0.15) is 0 Å². The van der Waals surface area contributed by atoms with E-state index in [0.717, 1.165) is 11.1 Å². The predicted molar refractivity (Wildman–Crippen MR) is 131 cm³/mol. The van der Waals surface area contributed by atoms with Gasteiger partial charge in [-0.05, 0) is 29.5 Å². The molecule has 0 aromatic heterocycles. The van der Waals surface area contributed by atoms with Crippen LogP contribution in [0, 0.1) is 5.92 Å². The topological polar surface area (TPSA) is 130 Å². The van der Waals surface area contributed by atoms with Crippen molar-refractivity contribution in [3.05, 3.63) is 77.9 Å². The number of nitrogens with one attached hydrogen (secondary N) is 3. The van der Waals surface area contributed by atoms with E-state index in [-0.39, 0.29) is 18.9 Å². The first-order valence-corrected chi connectivity index (χ1v) is 11.2. The molecule has 2 aromatic carbocycles. The molecule has 2 atom stereocenters. The quantitative estimate of drug-likeness (QED) is 0.355. The Morgan fingerprint density at radius 1 is 0.882 bits per heavy atom. The summed E-state index contributed by atoms with van der Waals surface area (Å²) in [6, 6.07) is 16.8. The fourth-order valence-electron chi connectivity index (χ4n) is 3.27.